The number of pyridine rings is 1. The van der Waals surface area contributed by atoms with Gasteiger partial charge in [-0.25, -0.2) is 4.98 Å². The van der Waals surface area contributed by atoms with Gasteiger partial charge in [0.15, 0.2) is 0 Å². The average molecular weight is 193 g/mol. The monoisotopic (exact) mass is 192 g/mol. The Balaban J connectivity index is 3.21. The van der Waals surface area contributed by atoms with E-state index in [-0.39, 0.29) is 28.5 Å². The van der Waals surface area contributed by atoms with Crippen LogP contribution in [0.1, 0.15) is 8.22 Å². The van der Waals surface area contributed by atoms with Gasteiger partial charge in [-0.15, -0.1) is 0 Å². The van der Waals surface area contributed by atoms with E-state index < -0.39 is 6.98 Å². The Bertz CT molecular complexity index is 390. The third kappa shape index (κ3) is 1.68. The number of anilines is 1. The second-order valence-electron chi connectivity index (χ2n) is 1.26. The van der Waals surface area contributed by atoms with Crippen LogP contribution in [0, 0.1) is 0 Å². The summed E-state index contributed by atoms with van der Waals surface area (Å²) in [7, 11) is 0. The van der Waals surface area contributed by atoms with E-state index >= 15 is 0 Å². The molecule has 48 valence electrons. The van der Waals surface area contributed by atoms with E-state index in [1.807, 2.05) is 5.32 Å². The first kappa shape index (κ1) is 2.23. The van der Waals surface area contributed by atoms with Crippen molar-refractivity contribution in [1.29, 1.82) is 0 Å². The van der Waals surface area contributed by atoms with Crippen molar-refractivity contribution in [2.75, 3.05) is 12.3 Å². The maximum Gasteiger partial charge on any atom is 0.126 e. The molecule has 0 aliphatic heterocycles. The van der Waals surface area contributed by atoms with E-state index in [0.29, 0.717) is 0 Å². The average Bonchev–Trinajstić information content (AvgIpc) is 2.08. The van der Waals surface area contributed by atoms with Crippen LogP contribution in [0.15, 0.2) is 22.7 Å². The first-order chi connectivity index (χ1) is 6.72. The van der Waals surface area contributed by atoms with Crippen LogP contribution in [0.3, 0.4) is 0 Å². The molecule has 0 fully saturated rings. The van der Waals surface area contributed by atoms with Crippen molar-refractivity contribution < 1.29 is 8.22 Å². The number of hydrogen-bond donors (Lipinski definition) is 1. The zero-order valence-corrected chi connectivity index (χ0v) is 5.91. The molecule has 1 aromatic heterocycles. The molecule has 0 aromatic carbocycles. The molecule has 0 unspecified atom stereocenters. The molecule has 0 amide bonds. The Labute approximate surface area is 70.9 Å². The Morgan fingerprint density at radius 1 is 2.00 bits per heavy atom. The molecular formula is C6H7BrN2. The summed E-state index contributed by atoms with van der Waals surface area (Å²) in [5.74, 6) is -0.233. The molecule has 1 heterocycles. The van der Waals surface area contributed by atoms with Crippen LogP contribution in [-0.2, 0) is 0 Å². The van der Waals surface area contributed by atoms with Gasteiger partial charge in [-0.1, -0.05) is 15.9 Å². The van der Waals surface area contributed by atoms with E-state index in [2.05, 4.69) is 20.9 Å². The number of hydrogen-bond acceptors (Lipinski definition) is 2. The van der Waals surface area contributed by atoms with Gasteiger partial charge >= 0.3 is 0 Å². The van der Waals surface area contributed by atoms with Crippen molar-refractivity contribution in [3.63, 3.8) is 0 Å². The summed E-state index contributed by atoms with van der Waals surface area (Å²) in [6, 6.07) is -0.483. The van der Waals surface area contributed by atoms with Gasteiger partial charge in [0, 0.05) is 21.7 Å². The van der Waals surface area contributed by atoms with Crippen LogP contribution in [0.2, 0.25) is 0 Å². The molecule has 0 saturated heterocycles. The molecule has 3 heteroatoms. The van der Waals surface area contributed by atoms with Crippen molar-refractivity contribution in [2.24, 2.45) is 0 Å². The summed E-state index contributed by atoms with van der Waals surface area (Å²) >= 11 is 2.93. The van der Waals surface area contributed by atoms with Crippen LogP contribution in [0.4, 0.5) is 5.82 Å². The predicted molar refractivity (Wildman–Crippen MR) is 41.5 cm³/mol. The number of halogens is 1. The molecule has 0 saturated carbocycles. The van der Waals surface area contributed by atoms with E-state index in [1.54, 1.807) is 0 Å². The summed E-state index contributed by atoms with van der Waals surface area (Å²) in [5, 5.41) is 2.03. The van der Waals surface area contributed by atoms with Crippen molar-refractivity contribution in [3.05, 3.63) is 22.7 Å². The maximum absolute atomic E-state index is 7.49. The fourth-order valence-corrected chi connectivity index (χ4v) is 0.632. The number of nitrogens with one attached hydrogen (secondary N) is 1. The number of rotatable bonds is 1. The predicted octanol–water partition coefficient (Wildman–Crippen LogP) is 1.89. The van der Waals surface area contributed by atoms with Crippen molar-refractivity contribution in [1.82, 2.24) is 4.98 Å². The molecule has 1 aromatic rings. The third-order valence-electron chi connectivity index (χ3n) is 0.680. The molecule has 0 aliphatic carbocycles. The van der Waals surface area contributed by atoms with E-state index in [0.717, 1.165) is 0 Å². The van der Waals surface area contributed by atoms with Gasteiger partial charge in [0.2, 0.25) is 0 Å². The van der Waals surface area contributed by atoms with Crippen LogP contribution < -0.4 is 5.32 Å². The standard InChI is InChI=1S/C6H7BrN2/c1-8-6-4-5(7)2-3-9-6/h2-4H,1H3,(H,8,9)/i1D3,2D,3D,4D. The van der Waals surface area contributed by atoms with Gasteiger partial charge in [0.1, 0.15) is 5.82 Å². The second kappa shape index (κ2) is 2.82. The fraction of sp³-hybridized carbons (Fsp3) is 0.167. The van der Waals surface area contributed by atoms with E-state index in [4.69, 9.17) is 8.22 Å². The SMILES string of the molecule is [2H]c1nc(NC([2H])([2H])[2H])c([2H])c(Br)c1[2H]. The van der Waals surface area contributed by atoms with Crippen LogP contribution in [-0.4, -0.2) is 12.0 Å². The van der Waals surface area contributed by atoms with Crippen molar-refractivity contribution >= 4 is 21.7 Å². The first-order valence-corrected chi connectivity index (χ1v) is 2.93. The molecule has 0 atom stereocenters. The zero-order valence-electron chi connectivity index (χ0n) is 10.3. The first-order valence-electron chi connectivity index (χ1n) is 5.14. The lowest BCUT2D eigenvalue weighted by Gasteiger charge is -1.96. The van der Waals surface area contributed by atoms with Gasteiger partial charge < -0.3 is 5.32 Å². The quantitative estimate of drug-likeness (QED) is 0.736. The normalized spacial score (nSPS) is 20.1. The fourth-order valence-electron chi connectivity index (χ4n) is 0.355. The summed E-state index contributed by atoms with van der Waals surface area (Å²) < 4.78 is 42.9. The van der Waals surface area contributed by atoms with Crippen molar-refractivity contribution in [2.45, 2.75) is 0 Å². The van der Waals surface area contributed by atoms with Crippen LogP contribution in [0.25, 0.3) is 0 Å². The number of nitrogens with zero attached hydrogens (tertiary/aromatic N) is 1. The molecule has 1 rings (SSSR count). The summed E-state index contributed by atoms with van der Waals surface area (Å²) in [6.45, 7) is -2.47. The van der Waals surface area contributed by atoms with E-state index in [1.165, 1.54) is 0 Å². The van der Waals surface area contributed by atoms with Crippen LogP contribution >= 0.6 is 15.9 Å². The minimum Gasteiger partial charge on any atom is -0.373 e. The Kier molecular flexibility index (Phi) is 0.701. The maximum atomic E-state index is 7.49. The molecule has 0 bridgehead atoms. The topological polar surface area (TPSA) is 24.9 Å². The van der Waals surface area contributed by atoms with Gasteiger partial charge in [-0.3, -0.25) is 0 Å². The Hall–Kier alpha value is -0.570. The lowest BCUT2D eigenvalue weighted by atomic mass is 10.5. The zero-order chi connectivity index (χ0) is 11.8. The highest BCUT2D eigenvalue weighted by Gasteiger charge is 1.87. The summed E-state index contributed by atoms with van der Waals surface area (Å²) in [6.07, 6.45) is -0.385. The minimum atomic E-state index is -2.47. The molecule has 0 radical (unpaired) electrons. The second-order valence-corrected chi connectivity index (χ2v) is 2.05. The van der Waals surface area contributed by atoms with Gasteiger partial charge in [0.25, 0.3) is 0 Å². The molecule has 9 heavy (non-hydrogen) atoms. The highest BCUT2D eigenvalue weighted by molar-refractivity contribution is 9.10. The lowest BCUT2D eigenvalue weighted by Crippen LogP contribution is -1.89. The largest absolute Gasteiger partial charge is 0.373 e. The molecule has 0 spiro atoms. The third-order valence-corrected chi connectivity index (χ3v) is 1.08. The van der Waals surface area contributed by atoms with Crippen molar-refractivity contribution in [3.8, 4) is 0 Å². The molecule has 2 nitrogen and oxygen atoms in total. The summed E-state index contributed by atoms with van der Waals surface area (Å²) in [4.78, 5) is 3.51. The smallest absolute Gasteiger partial charge is 0.126 e. The molecular weight excluding hydrogens is 180 g/mol. The Morgan fingerprint density at radius 3 is 3.67 bits per heavy atom. The molecule has 0 aliphatic rings. The molecule has 1 N–H and O–H groups in total. The lowest BCUT2D eigenvalue weighted by molar-refractivity contribution is 1.28. The van der Waals surface area contributed by atoms with Crippen LogP contribution in [0.5, 0.6) is 0 Å². The minimum absolute atomic E-state index is 0.0502. The highest BCUT2D eigenvalue weighted by atomic mass is 79.9. The Morgan fingerprint density at radius 2 is 2.89 bits per heavy atom. The van der Waals surface area contributed by atoms with E-state index in [9.17, 15) is 0 Å². The van der Waals surface area contributed by atoms with Gasteiger partial charge in [-0.05, 0) is 12.1 Å². The summed E-state index contributed by atoms with van der Waals surface area (Å²) in [5.41, 5.74) is 0. The van der Waals surface area contributed by atoms with Gasteiger partial charge in [0.05, 0.1) is 4.11 Å². The van der Waals surface area contributed by atoms with Gasteiger partial charge in [-0.2, -0.15) is 0 Å². The highest BCUT2D eigenvalue weighted by Crippen LogP contribution is 2.11. The number of aromatic nitrogens is 1.